The molecular formula is C10H13S. The smallest absolute Gasteiger partial charge is 0.0373 e. The summed E-state index contributed by atoms with van der Waals surface area (Å²) in [6.07, 6.45) is 1.10. The Bertz CT molecular complexity index is 211. The molecule has 1 radical (unpaired) electrons. The van der Waals surface area contributed by atoms with Gasteiger partial charge in [-0.15, -0.1) is 0 Å². The molecule has 0 fully saturated rings. The van der Waals surface area contributed by atoms with E-state index in [4.69, 9.17) is 12.6 Å². The number of aryl methyl sites for hydroxylation is 1. The van der Waals surface area contributed by atoms with E-state index >= 15 is 0 Å². The zero-order chi connectivity index (χ0) is 8.27. The highest BCUT2D eigenvalue weighted by molar-refractivity contribution is 7.80. The summed E-state index contributed by atoms with van der Waals surface area (Å²) in [6.45, 7) is 4.20. The average Bonchev–Trinajstić information content (AvgIpc) is 2.05. The van der Waals surface area contributed by atoms with Gasteiger partial charge in [-0.25, -0.2) is 0 Å². The van der Waals surface area contributed by atoms with Gasteiger partial charge >= 0.3 is 0 Å². The molecule has 0 aliphatic heterocycles. The molecule has 1 unspecified atom stereocenters. The van der Waals surface area contributed by atoms with E-state index in [9.17, 15) is 0 Å². The standard InChI is InChI=1S/C10H13S/c1-3-9-4-6-10(7-5-9)8(2)11/h4-8H,3H2,1-2H3. The van der Waals surface area contributed by atoms with E-state index < -0.39 is 0 Å². The van der Waals surface area contributed by atoms with Crippen molar-refractivity contribution < 1.29 is 0 Å². The van der Waals surface area contributed by atoms with Crippen LogP contribution in [-0.4, -0.2) is 0 Å². The van der Waals surface area contributed by atoms with Crippen molar-refractivity contribution >= 4 is 12.6 Å². The van der Waals surface area contributed by atoms with Crippen molar-refractivity contribution in [2.45, 2.75) is 25.5 Å². The predicted molar refractivity (Wildman–Crippen MR) is 51.8 cm³/mol. The molecule has 0 nitrogen and oxygen atoms in total. The van der Waals surface area contributed by atoms with E-state index in [2.05, 4.69) is 31.2 Å². The Kier molecular flexibility index (Phi) is 3.01. The summed E-state index contributed by atoms with van der Waals surface area (Å²) in [5.41, 5.74) is 2.63. The van der Waals surface area contributed by atoms with Gasteiger partial charge in [0, 0.05) is 5.25 Å². The van der Waals surface area contributed by atoms with Crippen molar-refractivity contribution in [2.75, 3.05) is 0 Å². The van der Waals surface area contributed by atoms with Crippen molar-refractivity contribution in [3.8, 4) is 0 Å². The van der Waals surface area contributed by atoms with Gasteiger partial charge in [0.05, 0.1) is 0 Å². The van der Waals surface area contributed by atoms with E-state index in [-0.39, 0.29) is 5.25 Å². The Hall–Kier alpha value is -0.430. The fraction of sp³-hybridized carbons (Fsp3) is 0.400. The van der Waals surface area contributed by atoms with Gasteiger partial charge in [0.15, 0.2) is 0 Å². The van der Waals surface area contributed by atoms with Gasteiger partial charge in [-0.3, -0.25) is 0 Å². The predicted octanol–water partition coefficient (Wildman–Crippen LogP) is 3.51. The van der Waals surface area contributed by atoms with Crippen LogP contribution in [0.2, 0.25) is 0 Å². The first-order valence-electron chi connectivity index (χ1n) is 3.98. The highest BCUT2D eigenvalue weighted by Crippen LogP contribution is 2.18. The number of hydrogen-bond acceptors (Lipinski definition) is 0. The van der Waals surface area contributed by atoms with Crippen LogP contribution in [0, 0.1) is 0 Å². The second-order valence-corrected chi connectivity index (χ2v) is 3.44. The van der Waals surface area contributed by atoms with Crippen molar-refractivity contribution in [2.24, 2.45) is 0 Å². The molecule has 0 saturated carbocycles. The maximum absolute atomic E-state index is 5.12. The Morgan fingerprint density at radius 3 is 2.18 bits per heavy atom. The lowest BCUT2D eigenvalue weighted by Gasteiger charge is -2.03. The Morgan fingerprint density at radius 1 is 1.27 bits per heavy atom. The zero-order valence-electron chi connectivity index (χ0n) is 7.00. The molecule has 11 heavy (non-hydrogen) atoms. The van der Waals surface area contributed by atoms with Crippen LogP contribution < -0.4 is 0 Å². The number of rotatable bonds is 2. The lowest BCUT2D eigenvalue weighted by atomic mass is 10.1. The molecule has 1 atom stereocenters. The maximum Gasteiger partial charge on any atom is 0.0373 e. The maximum atomic E-state index is 5.12. The Labute approximate surface area is 74.0 Å². The lowest BCUT2D eigenvalue weighted by Crippen LogP contribution is -1.85. The zero-order valence-corrected chi connectivity index (χ0v) is 7.82. The lowest BCUT2D eigenvalue weighted by molar-refractivity contribution is 1.08. The first-order chi connectivity index (χ1) is 5.24. The van der Waals surface area contributed by atoms with Crippen molar-refractivity contribution in [1.29, 1.82) is 0 Å². The van der Waals surface area contributed by atoms with Crippen molar-refractivity contribution in [1.82, 2.24) is 0 Å². The van der Waals surface area contributed by atoms with Crippen molar-refractivity contribution in [3.05, 3.63) is 35.4 Å². The summed E-state index contributed by atoms with van der Waals surface area (Å²) in [7, 11) is 0. The first-order valence-corrected chi connectivity index (χ1v) is 4.46. The molecule has 0 amide bonds. The van der Waals surface area contributed by atoms with Crippen molar-refractivity contribution in [3.63, 3.8) is 0 Å². The van der Waals surface area contributed by atoms with Gasteiger partial charge < -0.3 is 0 Å². The summed E-state index contributed by atoms with van der Waals surface area (Å²) >= 11 is 5.12. The minimum absolute atomic E-state index is 0.237. The summed E-state index contributed by atoms with van der Waals surface area (Å²) in [4.78, 5) is 0. The van der Waals surface area contributed by atoms with Gasteiger partial charge in [-0.1, -0.05) is 43.8 Å². The molecule has 0 aromatic heterocycles. The molecule has 0 spiro atoms. The van der Waals surface area contributed by atoms with Gasteiger partial charge in [0.2, 0.25) is 0 Å². The molecule has 1 aromatic rings. The van der Waals surface area contributed by atoms with E-state index in [1.807, 2.05) is 6.92 Å². The molecule has 0 heterocycles. The van der Waals surface area contributed by atoms with Crippen LogP contribution in [0.25, 0.3) is 0 Å². The summed E-state index contributed by atoms with van der Waals surface area (Å²) < 4.78 is 0. The quantitative estimate of drug-likeness (QED) is 0.629. The van der Waals surface area contributed by atoms with Crippen LogP contribution >= 0.6 is 12.6 Å². The fourth-order valence-corrected chi connectivity index (χ4v) is 1.18. The summed E-state index contributed by atoms with van der Waals surface area (Å²) in [5.74, 6) is 0. The van der Waals surface area contributed by atoms with Crippen LogP contribution in [0.4, 0.5) is 0 Å². The molecule has 1 rings (SSSR count). The molecule has 0 saturated heterocycles. The van der Waals surface area contributed by atoms with Gasteiger partial charge in [-0.05, 0) is 24.5 Å². The minimum Gasteiger partial charge on any atom is -0.0856 e. The van der Waals surface area contributed by atoms with E-state index in [1.54, 1.807) is 0 Å². The highest BCUT2D eigenvalue weighted by Gasteiger charge is 1.98. The molecule has 0 aliphatic carbocycles. The van der Waals surface area contributed by atoms with Crippen LogP contribution in [0.15, 0.2) is 24.3 Å². The largest absolute Gasteiger partial charge is 0.0856 e. The second kappa shape index (κ2) is 3.82. The third-order valence-electron chi connectivity index (χ3n) is 1.86. The Morgan fingerprint density at radius 2 is 1.82 bits per heavy atom. The topological polar surface area (TPSA) is 0 Å². The van der Waals surface area contributed by atoms with Crippen LogP contribution in [0.3, 0.4) is 0 Å². The average molecular weight is 165 g/mol. The van der Waals surface area contributed by atoms with Gasteiger partial charge in [0.1, 0.15) is 0 Å². The monoisotopic (exact) mass is 165 g/mol. The van der Waals surface area contributed by atoms with E-state index in [0.29, 0.717) is 0 Å². The SMILES string of the molecule is CCc1ccc(C(C)[S])cc1. The van der Waals surface area contributed by atoms with Gasteiger partial charge in [-0.2, -0.15) is 0 Å². The third kappa shape index (κ3) is 2.26. The van der Waals surface area contributed by atoms with Crippen LogP contribution in [0.5, 0.6) is 0 Å². The molecule has 0 bridgehead atoms. The summed E-state index contributed by atoms with van der Waals surface area (Å²) in [6, 6.07) is 8.54. The molecule has 0 N–H and O–H groups in total. The highest BCUT2D eigenvalue weighted by atomic mass is 32.1. The third-order valence-corrected chi connectivity index (χ3v) is 2.13. The molecule has 1 aromatic carbocycles. The van der Waals surface area contributed by atoms with E-state index in [1.165, 1.54) is 11.1 Å². The van der Waals surface area contributed by atoms with Gasteiger partial charge in [0.25, 0.3) is 0 Å². The molecule has 59 valence electrons. The molecular weight excluding hydrogens is 152 g/mol. The Balaban J connectivity index is 2.83. The summed E-state index contributed by atoms with van der Waals surface area (Å²) in [5, 5.41) is 0.237. The first kappa shape index (κ1) is 8.66. The number of hydrogen-bond donors (Lipinski definition) is 0. The van der Waals surface area contributed by atoms with E-state index in [0.717, 1.165) is 6.42 Å². The minimum atomic E-state index is 0.237. The normalized spacial score (nSPS) is 13.0. The van der Waals surface area contributed by atoms with Crippen LogP contribution in [-0.2, 0) is 6.42 Å². The second-order valence-electron chi connectivity index (χ2n) is 2.74. The molecule has 0 aliphatic rings. The fourth-order valence-electron chi connectivity index (χ4n) is 1.02. The number of benzene rings is 1. The van der Waals surface area contributed by atoms with Crippen LogP contribution in [0.1, 0.15) is 30.2 Å². The molecule has 1 heteroatoms.